The maximum Gasteiger partial charge on any atom is 0.214 e. The lowest BCUT2D eigenvalue weighted by molar-refractivity contribution is -0.0603. The number of benzene rings is 2. The number of fused-ring (bicyclic) bond motifs is 1. The molecule has 4 N–H and O–H groups in total. The number of carbonyl (C=O) groups is 1. The lowest BCUT2D eigenvalue weighted by atomic mass is 10.1. The zero-order valence-electron chi connectivity index (χ0n) is 19.1. The normalized spacial score (nSPS) is 15.5. The third kappa shape index (κ3) is 3.94. The number of nitrogens with two attached hydrogens (primary N) is 1. The fraction of sp³-hybridized carbons (Fsp3) is 0.280. The Hall–Kier alpha value is -3.66. The second kappa shape index (κ2) is 8.94. The highest BCUT2D eigenvalue weighted by atomic mass is 16.5. The molecular formula is C25H27N5O4. The van der Waals surface area contributed by atoms with E-state index in [0.717, 1.165) is 33.5 Å². The summed E-state index contributed by atoms with van der Waals surface area (Å²) in [5.74, 6) is 0.751. The Balaban J connectivity index is 1.42. The van der Waals surface area contributed by atoms with Crippen molar-refractivity contribution >= 4 is 22.5 Å². The van der Waals surface area contributed by atoms with Crippen molar-refractivity contribution in [3.05, 3.63) is 71.0 Å². The standard InChI is InChI=1S/C25H27N5O4/c1-15-11-18(33-2)4-6-22(15)30-24(26)19(14-27-30)23(31)21-13-17-12-16(3-5-20(17)28-21)25(32)29-7-9-34-10-8-29/h3-6,11-14,25,28,32H,7-10,26H2,1-2H3. The van der Waals surface area contributed by atoms with E-state index < -0.39 is 6.23 Å². The second-order valence-electron chi connectivity index (χ2n) is 8.39. The summed E-state index contributed by atoms with van der Waals surface area (Å²) in [6.07, 6.45) is 0.768. The Kier molecular flexibility index (Phi) is 5.82. The van der Waals surface area contributed by atoms with Gasteiger partial charge in [-0.05, 0) is 54.4 Å². The summed E-state index contributed by atoms with van der Waals surface area (Å²) >= 11 is 0. The first-order valence-corrected chi connectivity index (χ1v) is 11.1. The molecule has 2 aromatic heterocycles. The molecule has 176 valence electrons. The van der Waals surface area contributed by atoms with Gasteiger partial charge in [0.1, 0.15) is 17.8 Å². The smallest absolute Gasteiger partial charge is 0.214 e. The van der Waals surface area contributed by atoms with Gasteiger partial charge in [-0.2, -0.15) is 5.10 Å². The molecule has 3 heterocycles. The van der Waals surface area contributed by atoms with Crippen LogP contribution in [0.2, 0.25) is 0 Å². The Bertz CT molecular complexity index is 1350. The molecule has 1 aliphatic heterocycles. The molecule has 1 aliphatic rings. The molecule has 1 unspecified atom stereocenters. The summed E-state index contributed by atoms with van der Waals surface area (Å²) < 4.78 is 12.2. The van der Waals surface area contributed by atoms with Crippen LogP contribution in [0, 0.1) is 6.92 Å². The predicted octanol–water partition coefficient (Wildman–Crippen LogP) is 2.81. The number of carbonyl (C=O) groups excluding carboxylic acids is 1. The van der Waals surface area contributed by atoms with E-state index in [2.05, 4.69) is 10.1 Å². The summed E-state index contributed by atoms with van der Waals surface area (Å²) in [6, 6.07) is 13.0. The van der Waals surface area contributed by atoms with E-state index >= 15 is 0 Å². The van der Waals surface area contributed by atoms with Crippen LogP contribution >= 0.6 is 0 Å². The van der Waals surface area contributed by atoms with Crippen molar-refractivity contribution in [1.82, 2.24) is 19.7 Å². The summed E-state index contributed by atoms with van der Waals surface area (Å²) in [5, 5.41) is 16.0. The predicted molar refractivity (Wildman–Crippen MR) is 128 cm³/mol. The number of rotatable bonds is 6. The Morgan fingerprint density at radius 3 is 2.74 bits per heavy atom. The number of hydrogen-bond donors (Lipinski definition) is 3. The average Bonchev–Trinajstić information content (AvgIpc) is 3.46. The average molecular weight is 462 g/mol. The number of ether oxygens (including phenoxy) is 2. The van der Waals surface area contributed by atoms with Gasteiger partial charge < -0.3 is 25.3 Å². The van der Waals surface area contributed by atoms with Gasteiger partial charge in [-0.1, -0.05) is 6.07 Å². The van der Waals surface area contributed by atoms with Crippen LogP contribution in [0.3, 0.4) is 0 Å². The van der Waals surface area contributed by atoms with Crippen LogP contribution in [-0.4, -0.2) is 64.0 Å². The van der Waals surface area contributed by atoms with Crippen LogP contribution in [0.25, 0.3) is 16.6 Å². The number of H-pyrrole nitrogens is 1. The molecule has 1 fully saturated rings. The molecule has 34 heavy (non-hydrogen) atoms. The highest BCUT2D eigenvalue weighted by Crippen LogP contribution is 2.28. The van der Waals surface area contributed by atoms with Crippen LogP contribution < -0.4 is 10.5 Å². The largest absolute Gasteiger partial charge is 0.497 e. The van der Waals surface area contributed by atoms with E-state index in [4.69, 9.17) is 15.2 Å². The molecule has 5 rings (SSSR count). The summed E-state index contributed by atoms with van der Waals surface area (Å²) in [7, 11) is 1.61. The molecule has 1 saturated heterocycles. The van der Waals surface area contributed by atoms with Crippen molar-refractivity contribution < 1.29 is 19.4 Å². The zero-order chi connectivity index (χ0) is 23.8. The molecule has 1 atom stereocenters. The van der Waals surface area contributed by atoms with Crippen LogP contribution in [0.1, 0.15) is 33.4 Å². The first-order chi connectivity index (χ1) is 16.5. The Morgan fingerprint density at radius 1 is 1.21 bits per heavy atom. The quantitative estimate of drug-likeness (QED) is 0.378. The van der Waals surface area contributed by atoms with Gasteiger partial charge in [0.2, 0.25) is 5.78 Å². The van der Waals surface area contributed by atoms with Crippen molar-refractivity contribution in [2.45, 2.75) is 13.2 Å². The van der Waals surface area contributed by atoms with Crippen LogP contribution in [-0.2, 0) is 4.74 Å². The topological polar surface area (TPSA) is 119 Å². The van der Waals surface area contributed by atoms with Gasteiger partial charge in [-0.25, -0.2) is 4.68 Å². The number of aliphatic hydroxyl groups excluding tert-OH is 1. The van der Waals surface area contributed by atoms with Crippen molar-refractivity contribution in [1.29, 1.82) is 0 Å². The van der Waals surface area contributed by atoms with E-state index in [1.54, 1.807) is 17.9 Å². The van der Waals surface area contributed by atoms with Gasteiger partial charge in [0.05, 0.1) is 43.5 Å². The van der Waals surface area contributed by atoms with Gasteiger partial charge in [0, 0.05) is 24.0 Å². The molecule has 0 saturated carbocycles. The number of nitrogens with one attached hydrogen (secondary N) is 1. The number of anilines is 1. The Morgan fingerprint density at radius 2 is 2.00 bits per heavy atom. The van der Waals surface area contributed by atoms with E-state index in [9.17, 15) is 9.90 Å². The first-order valence-electron chi connectivity index (χ1n) is 11.1. The molecule has 0 amide bonds. The summed E-state index contributed by atoms with van der Waals surface area (Å²) in [4.78, 5) is 18.4. The van der Waals surface area contributed by atoms with Crippen LogP contribution in [0.5, 0.6) is 5.75 Å². The van der Waals surface area contributed by atoms with Gasteiger partial charge in [-0.15, -0.1) is 0 Å². The molecule has 0 aliphatic carbocycles. The molecule has 2 aromatic carbocycles. The number of nitrogens with zero attached hydrogens (tertiary/aromatic N) is 3. The van der Waals surface area contributed by atoms with Crippen molar-refractivity contribution in [3.63, 3.8) is 0 Å². The zero-order valence-corrected chi connectivity index (χ0v) is 19.1. The number of hydrogen-bond acceptors (Lipinski definition) is 7. The molecule has 9 heteroatoms. The summed E-state index contributed by atoms with van der Waals surface area (Å²) in [5.41, 5.74) is 10.3. The molecule has 4 aromatic rings. The van der Waals surface area contributed by atoms with Crippen molar-refractivity contribution in [2.75, 3.05) is 39.1 Å². The van der Waals surface area contributed by atoms with Crippen molar-refractivity contribution in [2.24, 2.45) is 0 Å². The molecule has 0 spiro atoms. The minimum Gasteiger partial charge on any atom is -0.497 e. The number of methoxy groups -OCH3 is 1. The van der Waals surface area contributed by atoms with Gasteiger partial charge in [0.25, 0.3) is 0 Å². The van der Waals surface area contributed by atoms with E-state index in [1.165, 1.54) is 6.20 Å². The van der Waals surface area contributed by atoms with E-state index in [1.807, 2.05) is 48.2 Å². The third-order valence-electron chi connectivity index (χ3n) is 6.26. The van der Waals surface area contributed by atoms with Gasteiger partial charge in [-0.3, -0.25) is 9.69 Å². The van der Waals surface area contributed by atoms with Gasteiger partial charge >= 0.3 is 0 Å². The van der Waals surface area contributed by atoms with E-state index in [-0.39, 0.29) is 11.6 Å². The molecular weight excluding hydrogens is 434 g/mol. The number of aryl methyl sites for hydroxylation is 1. The number of aromatic amines is 1. The van der Waals surface area contributed by atoms with Crippen LogP contribution in [0.15, 0.2) is 48.7 Å². The lowest BCUT2D eigenvalue weighted by Crippen LogP contribution is -2.38. The fourth-order valence-corrected chi connectivity index (χ4v) is 4.33. The minimum atomic E-state index is -0.719. The molecule has 0 bridgehead atoms. The number of aromatic nitrogens is 3. The van der Waals surface area contributed by atoms with Gasteiger partial charge in [0.15, 0.2) is 0 Å². The maximum atomic E-state index is 13.3. The molecule has 9 nitrogen and oxygen atoms in total. The number of ketones is 1. The second-order valence-corrected chi connectivity index (χ2v) is 8.39. The monoisotopic (exact) mass is 461 g/mol. The number of morpholine rings is 1. The van der Waals surface area contributed by atoms with Crippen LogP contribution in [0.4, 0.5) is 5.82 Å². The maximum absolute atomic E-state index is 13.3. The minimum absolute atomic E-state index is 0.249. The molecule has 0 radical (unpaired) electrons. The highest BCUT2D eigenvalue weighted by Gasteiger charge is 2.23. The third-order valence-corrected chi connectivity index (χ3v) is 6.26. The summed E-state index contributed by atoms with van der Waals surface area (Å²) in [6.45, 7) is 4.49. The van der Waals surface area contributed by atoms with E-state index in [0.29, 0.717) is 37.6 Å². The number of nitrogen functional groups attached to an aromatic ring is 1. The fourth-order valence-electron chi connectivity index (χ4n) is 4.33. The highest BCUT2D eigenvalue weighted by molar-refractivity contribution is 6.12. The number of aliphatic hydroxyl groups is 1. The van der Waals surface area contributed by atoms with Crippen molar-refractivity contribution in [3.8, 4) is 11.4 Å². The SMILES string of the molecule is COc1ccc(-n2ncc(C(=O)c3cc4cc(C(O)N5CCOCC5)ccc4[nH]3)c2N)c(C)c1. The Labute approximate surface area is 196 Å². The lowest BCUT2D eigenvalue weighted by Gasteiger charge is -2.31. The first kappa shape index (κ1) is 22.1.